The van der Waals surface area contributed by atoms with Gasteiger partial charge in [0.05, 0.1) is 13.2 Å². The molecule has 0 saturated heterocycles. The maximum Gasteiger partial charge on any atom is 0.472 e. The molecule has 0 aliphatic rings. The van der Waals surface area contributed by atoms with Crippen molar-refractivity contribution in [1.29, 1.82) is 0 Å². The molecule has 260 valence electrons. The van der Waals surface area contributed by atoms with Gasteiger partial charge in [0.2, 0.25) is 0 Å². The van der Waals surface area contributed by atoms with Crippen molar-refractivity contribution in [3.05, 3.63) is 48.6 Å². The quantitative estimate of drug-likeness (QED) is 0.0325. The Morgan fingerprint density at radius 1 is 0.689 bits per heavy atom. The van der Waals surface area contributed by atoms with Crippen LogP contribution in [0.3, 0.4) is 0 Å². The highest BCUT2D eigenvalue weighted by Gasteiger charge is 2.25. The van der Waals surface area contributed by atoms with Crippen molar-refractivity contribution in [3.63, 3.8) is 0 Å². The van der Waals surface area contributed by atoms with Crippen LogP contribution < -0.4 is 5.73 Å². The fourth-order valence-electron chi connectivity index (χ4n) is 4.21. The number of allylic oxidation sites excluding steroid dienone is 8. The highest BCUT2D eigenvalue weighted by atomic mass is 31.2. The Labute approximate surface area is 273 Å². The van der Waals surface area contributed by atoms with Gasteiger partial charge in [-0.25, -0.2) is 4.57 Å². The first kappa shape index (κ1) is 43.0. The molecule has 0 amide bonds. The molecule has 0 spiro atoms. The Balaban J connectivity index is 4.17. The molecule has 2 unspecified atom stereocenters. The molecule has 0 aromatic carbocycles. The van der Waals surface area contributed by atoms with Gasteiger partial charge in [-0.3, -0.25) is 18.6 Å². The zero-order chi connectivity index (χ0) is 33.3. The van der Waals surface area contributed by atoms with E-state index in [1.165, 1.54) is 0 Å². The summed E-state index contributed by atoms with van der Waals surface area (Å²) in [6, 6.07) is 0. The smallest absolute Gasteiger partial charge is 0.462 e. The second kappa shape index (κ2) is 31.9. The Morgan fingerprint density at radius 3 is 1.82 bits per heavy atom. The van der Waals surface area contributed by atoms with E-state index in [0.717, 1.165) is 96.3 Å². The molecular weight excluding hydrogens is 593 g/mol. The number of phosphoric acid groups is 1. The van der Waals surface area contributed by atoms with E-state index in [1.807, 2.05) is 0 Å². The van der Waals surface area contributed by atoms with Crippen molar-refractivity contribution in [2.24, 2.45) is 5.73 Å². The van der Waals surface area contributed by atoms with Crippen LogP contribution in [-0.2, 0) is 32.7 Å². The molecule has 10 heteroatoms. The number of carbonyl (C=O) groups excluding carboxylic acids is 2. The lowest BCUT2D eigenvalue weighted by Gasteiger charge is -2.19. The first-order chi connectivity index (χ1) is 21.8. The van der Waals surface area contributed by atoms with Gasteiger partial charge in [0.25, 0.3) is 0 Å². The molecule has 0 radical (unpaired) electrons. The molecule has 9 nitrogen and oxygen atoms in total. The van der Waals surface area contributed by atoms with Crippen LogP contribution in [0.15, 0.2) is 48.6 Å². The Bertz CT molecular complexity index is 887. The molecular formula is C35H62NO8P. The van der Waals surface area contributed by atoms with E-state index in [1.54, 1.807) is 0 Å². The normalized spacial score (nSPS) is 14.1. The Morgan fingerprint density at radius 2 is 1.22 bits per heavy atom. The monoisotopic (exact) mass is 655 g/mol. The van der Waals surface area contributed by atoms with Crippen LogP contribution in [-0.4, -0.2) is 49.3 Å². The minimum Gasteiger partial charge on any atom is -0.462 e. The third-order valence-corrected chi connectivity index (χ3v) is 7.71. The number of esters is 2. The topological polar surface area (TPSA) is 134 Å². The Hall–Kier alpha value is -2.03. The number of rotatable bonds is 31. The number of hydrogen-bond acceptors (Lipinski definition) is 8. The number of nitrogens with two attached hydrogens (primary N) is 1. The van der Waals surface area contributed by atoms with E-state index >= 15 is 0 Å². The zero-order valence-corrected chi connectivity index (χ0v) is 29.0. The van der Waals surface area contributed by atoms with Gasteiger partial charge in [-0.2, -0.15) is 0 Å². The third kappa shape index (κ3) is 31.7. The fraction of sp³-hybridized carbons (Fsp3) is 0.714. The maximum absolute atomic E-state index is 12.4. The molecule has 0 rings (SSSR count). The first-order valence-electron chi connectivity index (χ1n) is 17.1. The summed E-state index contributed by atoms with van der Waals surface area (Å²) in [6.07, 6.45) is 33.3. The van der Waals surface area contributed by atoms with Crippen molar-refractivity contribution < 1.29 is 37.6 Å². The first-order valence-corrected chi connectivity index (χ1v) is 18.6. The number of unbranched alkanes of at least 4 members (excludes halogenated alkanes) is 10. The van der Waals surface area contributed by atoms with Gasteiger partial charge in [0.1, 0.15) is 6.61 Å². The van der Waals surface area contributed by atoms with E-state index < -0.39 is 32.5 Å². The number of hydrogen-bond donors (Lipinski definition) is 2. The van der Waals surface area contributed by atoms with Gasteiger partial charge < -0.3 is 20.1 Å². The summed E-state index contributed by atoms with van der Waals surface area (Å²) >= 11 is 0. The summed E-state index contributed by atoms with van der Waals surface area (Å²) in [5.41, 5.74) is 5.30. The summed E-state index contributed by atoms with van der Waals surface area (Å²) in [7, 11) is -4.36. The molecule has 0 heterocycles. The van der Waals surface area contributed by atoms with Crippen LogP contribution in [0.1, 0.15) is 129 Å². The fourth-order valence-corrected chi connectivity index (χ4v) is 4.98. The van der Waals surface area contributed by atoms with Crippen LogP contribution in [0.4, 0.5) is 0 Å². The second-order valence-corrected chi connectivity index (χ2v) is 12.5. The molecule has 0 aliphatic carbocycles. The average Bonchev–Trinajstić information content (AvgIpc) is 3.02. The van der Waals surface area contributed by atoms with Gasteiger partial charge in [-0.1, -0.05) is 114 Å². The summed E-state index contributed by atoms with van der Waals surface area (Å²) < 4.78 is 32.3. The molecule has 0 aliphatic heterocycles. The predicted molar refractivity (Wildman–Crippen MR) is 183 cm³/mol. The molecule has 0 bridgehead atoms. The minimum atomic E-state index is -4.36. The van der Waals surface area contributed by atoms with E-state index in [0.29, 0.717) is 6.42 Å². The van der Waals surface area contributed by atoms with Gasteiger partial charge in [0, 0.05) is 19.4 Å². The molecule has 0 aromatic rings. The molecule has 0 saturated carbocycles. The van der Waals surface area contributed by atoms with Crippen LogP contribution in [0.25, 0.3) is 0 Å². The largest absolute Gasteiger partial charge is 0.472 e. The molecule has 45 heavy (non-hydrogen) atoms. The standard InChI is InChI=1S/C35H62NO8P/c1-3-5-7-9-10-11-12-13-14-15-16-17-18-19-20-21-22-24-26-28-35(38)44-33(32-43-45(39,40)42-30-29-36)31-41-34(37)27-25-23-8-6-4-2/h5,7,10-11,13-14,16-17,33H,3-4,6,8-9,12,15,18-32,36H2,1-2H3,(H,39,40)/b7-5-,11-10-,14-13-,17-16-. The number of carbonyl (C=O) groups is 2. The van der Waals surface area contributed by atoms with Crippen molar-refractivity contribution in [2.45, 2.75) is 136 Å². The SMILES string of the molecule is CC/C=C\C/C=C\C/C=C\C/C=C\CCCCCCCCC(=O)OC(COC(=O)CCCCCCC)COP(=O)(O)OCCN. The highest BCUT2D eigenvalue weighted by molar-refractivity contribution is 7.47. The van der Waals surface area contributed by atoms with E-state index in [4.69, 9.17) is 24.3 Å². The number of phosphoric ester groups is 1. The van der Waals surface area contributed by atoms with Crippen LogP contribution in [0, 0.1) is 0 Å². The van der Waals surface area contributed by atoms with E-state index in [9.17, 15) is 19.0 Å². The van der Waals surface area contributed by atoms with Crippen molar-refractivity contribution in [3.8, 4) is 0 Å². The van der Waals surface area contributed by atoms with Gasteiger partial charge in [-0.05, 0) is 51.4 Å². The molecule has 0 fully saturated rings. The minimum absolute atomic E-state index is 0.0491. The van der Waals surface area contributed by atoms with Crippen molar-refractivity contribution >= 4 is 19.8 Å². The van der Waals surface area contributed by atoms with Gasteiger partial charge in [-0.15, -0.1) is 0 Å². The van der Waals surface area contributed by atoms with Crippen LogP contribution >= 0.6 is 7.82 Å². The zero-order valence-electron chi connectivity index (χ0n) is 28.1. The summed E-state index contributed by atoms with van der Waals surface area (Å²) in [4.78, 5) is 34.3. The molecule has 3 N–H and O–H groups in total. The number of ether oxygens (including phenoxy) is 2. The Kier molecular flexibility index (Phi) is 30.5. The lowest BCUT2D eigenvalue weighted by Crippen LogP contribution is -2.29. The van der Waals surface area contributed by atoms with Crippen LogP contribution in [0.5, 0.6) is 0 Å². The van der Waals surface area contributed by atoms with Gasteiger partial charge >= 0.3 is 19.8 Å². The van der Waals surface area contributed by atoms with Gasteiger partial charge in [0.15, 0.2) is 6.10 Å². The summed E-state index contributed by atoms with van der Waals surface area (Å²) in [5, 5.41) is 0. The van der Waals surface area contributed by atoms with Crippen molar-refractivity contribution in [2.75, 3.05) is 26.4 Å². The lowest BCUT2D eigenvalue weighted by atomic mass is 10.1. The van der Waals surface area contributed by atoms with E-state index in [-0.39, 0.29) is 32.6 Å². The predicted octanol–water partition coefficient (Wildman–Crippen LogP) is 8.82. The second-order valence-electron chi connectivity index (χ2n) is 11.0. The molecule has 2 atom stereocenters. The highest BCUT2D eigenvalue weighted by Crippen LogP contribution is 2.43. The van der Waals surface area contributed by atoms with E-state index in [2.05, 4.69) is 62.5 Å². The summed E-state index contributed by atoms with van der Waals surface area (Å²) in [6.45, 7) is 3.47. The lowest BCUT2D eigenvalue weighted by molar-refractivity contribution is -0.161. The van der Waals surface area contributed by atoms with Crippen LogP contribution in [0.2, 0.25) is 0 Å². The molecule has 0 aromatic heterocycles. The summed E-state index contributed by atoms with van der Waals surface area (Å²) in [5.74, 6) is -0.865. The third-order valence-electron chi connectivity index (χ3n) is 6.73. The maximum atomic E-state index is 12.4. The van der Waals surface area contributed by atoms with Crippen molar-refractivity contribution in [1.82, 2.24) is 0 Å². The average molecular weight is 656 g/mol.